The van der Waals surface area contributed by atoms with Crippen LogP contribution in [0.15, 0.2) is 42.6 Å². The summed E-state index contributed by atoms with van der Waals surface area (Å²) >= 11 is 1.39. The number of rotatable bonds is 7. The molecule has 0 aliphatic carbocycles. The molecule has 3 aromatic rings. The van der Waals surface area contributed by atoms with Gasteiger partial charge in [-0.25, -0.2) is 4.98 Å². The highest BCUT2D eigenvalue weighted by Crippen LogP contribution is 2.33. The number of aromatic nitrogens is 1. The minimum Gasteiger partial charge on any atom is -0.467 e. The number of nitrogens with one attached hydrogen (secondary N) is 1. The Morgan fingerprint density at radius 1 is 1.19 bits per heavy atom. The zero-order valence-corrected chi connectivity index (χ0v) is 15.9. The van der Waals surface area contributed by atoms with E-state index >= 15 is 0 Å². The average Bonchev–Trinajstić information content (AvgIpc) is 3.00. The molecule has 3 rings (SSSR count). The smallest absolute Gasteiger partial charge is 0.276 e. The van der Waals surface area contributed by atoms with Gasteiger partial charge in [0.05, 0.1) is 12.3 Å². The van der Waals surface area contributed by atoms with Gasteiger partial charge in [-0.15, -0.1) is 0 Å². The Labute approximate surface area is 157 Å². The van der Waals surface area contributed by atoms with Gasteiger partial charge in [0, 0.05) is 13.5 Å². The van der Waals surface area contributed by atoms with Crippen molar-refractivity contribution in [1.82, 2.24) is 10.3 Å². The van der Waals surface area contributed by atoms with E-state index in [1.165, 1.54) is 23.8 Å². The van der Waals surface area contributed by atoms with Crippen LogP contribution in [0.25, 0.3) is 10.8 Å². The Kier molecular flexibility index (Phi) is 5.73. The summed E-state index contributed by atoms with van der Waals surface area (Å²) in [5.41, 5.74) is 1.19. The van der Waals surface area contributed by atoms with Gasteiger partial charge in [0.2, 0.25) is 11.0 Å². The predicted octanol–water partition coefficient (Wildman–Crippen LogP) is 4.55. The van der Waals surface area contributed by atoms with Gasteiger partial charge in [-0.2, -0.15) is 0 Å². The fraction of sp³-hybridized carbons (Fsp3) is 0.300. The molecule has 0 bridgehead atoms. The number of carbonyl (C=O) groups excluding carboxylic acids is 1. The second-order valence-corrected chi connectivity index (χ2v) is 7.25. The Hall–Kier alpha value is -2.60. The molecule has 0 aliphatic rings. The van der Waals surface area contributed by atoms with E-state index in [0.29, 0.717) is 16.8 Å². The van der Waals surface area contributed by atoms with E-state index in [0.717, 1.165) is 22.9 Å². The molecule has 0 aliphatic heterocycles. The van der Waals surface area contributed by atoms with E-state index in [1.807, 2.05) is 32.0 Å². The number of benzene rings is 2. The van der Waals surface area contributed by atoms with Crippen LogP contribution < -0.4 is 14.8 Å². The van der Waals surface area contributed by atoms with Crippen LogP contribution in [0, 0.1) is 0 Å². The predicted molar refractivity (Wildman–Crippen MR) is 104 cm³/mol. The van der Waals surface area contributed by atoms with Gasteiger partial charge in [-0.3, -0.25) is 4.79 Å². The van der Waals surface area contributed by atoms with Crippen LogP contribution in [0.1, 0.15) is 26.3 Å². The van der Waals surface area contributed by atoms with E-state index in [1.54, 1.807) is 6.20 Å². The number of thiazole rings is 1. The summed E-state index contributed by atoms with van der Waals surface area (Å²) in [7, 11) is 0. The SMILES string of the molecule is CC(=O)NCCc1ccc2cc(Oc3cnc(OC(C)C)s3)ccc2c1. The number of amides is 1. The van der Waals surface area contributed by atoms with Crippen molar-refractivity contribution in [2.24, 2.45) is 0 Å². The summed E-state index contributed by atoms with van der Waals surface area (Å²) in [6, 6.07) is 12.3. The normalized spacial score (nSPS) is 10.9. The van der Waals surface area contributed by atoms with E-state index < -0.39 is 0 Å². The summed E-state index contributed by atoms with van der Waals surface area (Å²) in [5.74, 6) is 0.765. The lowest BCUT2D eigenvalue weighted by Crippen LogP contribution is -2.22. The van der Waals surface area contributed by atoms with Crippen molar-refractivity contribution >= 4 is 28.0 Å². The van der Waals surface area contributed by atoms with Crippen LogP contribution in [0.2, 0.25) is 0 Å². The van der Waals surface area contributed by atoms with Gasteiger partial charge in [-0.05, 0) is 60.1 Å². The van der Waals surface area contributed by atoms with E-state index in [9.17, 15) is 4.79 Å². The number of hydrogen-bond donors (Lipinski definition) is 1. The highest BCUT2D eigenvalue weighted by atomic mass is 32.1. The summed E-state index contributed by atoms with van der Waals surface area (Å²) in [4.78, 5) is 15.2. The lowest BCUT2D eigenvalue weighted by Gasteiger charge is -2.07. The molecule has 26 heavy (non-hydrogen) atoms. The first-order valence-corrected chi connectivity index (χ1v) is 9.39. The van der Waals surface area contributed by atoms with E-state index in [2.05, 4.69) is 28.5 Å². The second-order valence-electron chi connectivity index (χ2n) is 6.29. The van der Waals surface area contributed by atoms with Crippen molar-refractivity contribution in [2.45, 2.75) is 33.3 Å². The third-order valence-corrected chi connectivity index (χ3v) is 4.45. The van der Waals surface area contributed by atoms with Crippen LogP contribution in [0.4, 0.5) is 0 Å². The number of carbonyl (C=O) groups is 1. The highest BCUT2D eigenvalue weighted by molar-refractivity contribution is 7.15. The number of fused-ring (bicyclic) bond motifs is 1. The molecule has 0 fully saturated rings. The lowest BCUT2D eigenvalue weighted by molar-refractivity contribution is -0.118. The first kappa shape index (κ1) is 18.2. The molecule has 0 spiro atoms. The van der Waals surface area contributed by atoms with Gasteiger partial charge in [0.15, 0.2) is 0 Å². The number of hydrogen-bond acceptors (Lipinski definition) is 5. The maximum absolute atomic E-state index is 11.0. The summed E-state index contributed by atoms with van der Waals surface area (Å²) in [6.45, 7) is 6.11. The molecule has 0 saturated heterocycles. The van der Waals surface area contributed by atoms with Crippen LogP contribution in [-0.2, 0) is 11.2 Å². The fourth-order valence-electron chi connectivity index (χ4n) is 2.54. The maximum Gasteiger partial charge on any atom is 0.276 e. The van der Waals surface area contributed by atoms with Crippen molar-refractivity contribution in [3.8, 4) is 16.0 Å². The molecule has 5 nitrogen and oxygen atoms in total. The molecular weight excluding hydrogens is 348 g/mol. The molecule has 2 aromatic carbocycles. The van der Waals surface area contributed by atoms with Crippen molar-refractivity contribution in [1.29, 1.82) is 0 Å². The Bertz CT molecular complexity index is 905. The lowest BCUT2D eigenvalue weighted by atomic mass is 10.0. The molecule has 0 atom stereocenters. The molecule has 1 aromatic heterocycles. The van der Waals surface area contributed by atoms with Crippen molar-refractivity contribution < 1.29 is 14.3 Å². The number of ether oxygens (including phenoxy) is 2. The maximum atomic E-state index is 11.0. The molecule has 0 unspecified atom stereocenters. The minimum atomic E-state index is -0.00222. The quantitative estimate of drug-likeness (QED) is 0.663. The molecule has 136 valence electrons. The molecule has 6 heteroatoms. The monoisotopic (exact) mass is 370 g/mol. The topological polar surface area (TPSA) is 60.5 Å². The van der Waals surface area contributed by atoms with Crippen LogP contribution in [-0.4, -0.2) is 23.5 Å². The Balaban J connectivity index is 1.69. The van der Waals surface area contributed by atoms with E-state index in [4.69, 9.17) is 9.47 Å². The standard InChI is InChI=1S/C20H22N2O3S/c1-13(2)24-20-22-12-19(26-20)25-18-7-6-16-10-15(4-5-17(16)11-18)8-9-21-14(3)23/h4-7,10-13H,8-9H2,1-3H3,(H,21,23). The molecule has 1 amide bonds. The van der Waals surface area contributed by atoms with Gasteiger partial charge in [-0.1, -0.05) is 24.3 Å². The Morgan fingerprint density at radius 3 is 2.73 bits per heavy atom. The second kappa shape index (κ2) is 8.19. The zero-order chi connectivity index (χ0) is 18.5. The van der Waals surface area contributed by atoms with Gasteiger partial charge in [0.1, 0.15) is 5.75 Å². The molecular formula is C20H22N2O3S. The molecule has 1 N–H and O–H groups in total. The zero-order valence-electron chi connectivity index (χ0n) is 15.1. The van der Waals surface area contributed by atoms with Crippen LogP contribution >= 0.6 is 11.3 Å². The summed E-state index contributed by atoms with van der Waals surface area (Å²) in [5, 5.41) is 6.38. The molecule has 1 heterocycles. The minimum absolute atomic E-state index is 0.00222. The van der Waals surface area contributed by atoms with Crippen molar-refractivity contribution in [3.63, 3.8) is 0 Å². The molecule has 0 radical (unpaired) electrons. The van der Waals surface area contributed by atoms with Gasteiger partial charge < -0.3 is 14.8 Å². The van der Waals surface area contributed by atoms with Gasteiger partial charge in [0.25, 0.3) is 5.19 Å². The fourth-order valence-corrected chi connectivity index (χ4v) is 3.30. The molecule has 0 saturated carbocycles. The Morgan fingerprint density at radius 2 is 1.96 bits per heavy atom. The van der Waals surface area contributed by atoms with Crippen molar-refractivity contribution in [2.75, 3.05) is 6.54 Å². The highest BCUT2D eigenvalue weighted by Gasteiger charge is 2.07. The van der Waals surface area contributed by atoms with Crippen molar-refractivity contribution in [3.05, 3.63) is 48.2 Å². The van der Waals surface area contributed by atoms with Gasteiger partial charge >= 0.3 is 0 Å². The van der Waals surface area contributed by atoms with E-state index in [-0.39, 0.29) is 12.0 Å². The summed E-state index contributed by atoms with van der Waals surface area (Å²) < 4.78 is 11.5. The first-order valence-electron chi connectivity index (χ1n) is 8.57. The van der Waals surface area contributed by atoms with Crippen LogP contribution in [0.5, 0.6) is 16.0 Å². The number of nitrogens with zero attached hydrogens (tertiary/aromatic N) is 1. The van der Waals surface area contributed by atoms with Crippen LogP contribution in [0.3, 0.4) is 0 Å². The average molecular weight is 370 g/mol. The largest absolute Gasteiger partial charge is 0.467 e. The first-order chi connectivity index (χ1) is 12.5. The summed E-state index contributed by atoms with van der Waals surface area (Å²) in [6.07, 6.45) is 2.58. The third kappa shape index (κ3) is 4.95. The third-order valence-electron chi connectivity index (χ3n) is 3.68.